The van der Waals surface area contributed by atoms with Crippen molar-refractivity contribution >= 4 is 77.9 Å². The molecule has 0 aliphatic heterocycles. The van der Waals surface area contributed by atoms with E-state index in [1.165, 1.54) is 30.6 Å². The zero-order valence-electron chi connectivity index (χ0n) is 13.0. The third-order valence-electron chi connectivity index (χ3n) is 3.42. The van der Waals surface area contributed by atoms with Crippen molar-refractivity contribution < 1.29 is 17.9 Å². The summed E-state index contributed by atoms with van der Waals surface area (Å²) in [4.78, 5) is 11.9. The van der Waals surface area contributed by atoms with Gasteiger partial charge in [0.1, 0.15) is 9.77 Å². The largest absolute Gasteiger partial charge is 0.465 e. The quantitative estimate of drug-likeness (QED) is 0.424. The van der Waals surface area contributed by atoms with Gasteiger partial charge >= 0.3 is 5.97 Å². The van der Waals surface area contributed by atoms with Crippen molar-refractivity contribution in [3.8, 4) is 0 Å². The number of thiophene rings is 1. The fourth-order valence-corrected chi connectivity index (χ4v) is 5.24. The minimum atomic E-state index is -3.98. The number of benzene rings is 2. The number of ether oxygens (including phenoxy) is 1. The van der Waals surface area contributed by atoms with Crippen LogP contribution in [0.5, 0.6) is 0 Å². The molecular weight excluding hydrogens is 441 g/mol. The second kappa shape index (κ2) is 7.25. The first kappa shape index (κ1) is 19.3. The highest BCUT2D eigenvalue weighted by atomic mass is 35.5. The summed E-state index contributed by atoms with van der Waals surface area (Å²) >= 11 is 19.0. The van der Waals surface area contributed by atoms with Gasteiger partial charge in [0.25, 0.3) is 10.0 Å². The minimum Gasteiger partial charge on any atom is -0.465 e. The summed E-state index contributed by atoms with van der Waals surface area (Å²) in [6.45, 7) is 0. The van der Waals surface area contributed by atoms with Crippen LogP contribution < -0.4 is 4.72 Å². The number of methoxy groups -OCH3 is 1. The van der Waals surface area contributed by atoms with Gasteiger partial charge < -0.3 is 4.74 Å². The summed E-state index contributed by atoms with van der Waals surface area (Å²) < 4.78 is 33.2. The molecule has 1 heterocycles. The zero-order valence-corrected chi connectivity index (χ0v) is 16.9. The third-order valence-corrected chi connectivity index (χ3v) is 7.08. The van der Waals surface area contributed by atoms with E-state index in [1.54, 1.807) is 24.3 Å². The number of halogens is 3. The normalized spacial score (nSPS) is 11.5. The Morgan fingerprint density at radius 1 is 1.04 bits per heavy atom. The van der Waals surface area contributed by atoms with Crippen molar-refractivity contribution in [2.75, 3.05) is 11.8 Å². The molecular formula is C16H10Cl3NO4S2. The number of carbonyl (C=O) groups is 1. The van der Waals surface area contributed by atoms with Crippen LogP contribution in [0.4, 0.5) is 5.69 Å². The summed E-state index contributed by atoms with van der Waals surface area (Å²) in [6.07, 6.45) is 0. The molecule has 3 rings (SSSR count). The predicted molar refractivity (Wildman–Crippen MR) is 105 cm³/mol. The van der Waals surface area contributed by atoms with Crippen molar-refractivity contribution in [1.29, 1.82) is 0 Å². The first-order valence-corrected chi connectivity index (χ1v) is 10.4. The lowest BCUT2D eigenvalue weighted by Crippen LogP contribution is -2.13. The molecule has 26 heavy (non-hydrogen) atoms. The molecule has 5 nitrogen and oxygen atoms in total. The highest BCUT2D eigenvalue weighted by Gasteiger charge is 2.20. The monoisotopic (exact) mass is 449 g/mol. The Balaban J connectivity index is 1.97. The van der Waals surface area contributed by atoms with Crippen LogP contribution in [0.25, 0.3) is 10.1 Å². The van der Waals surface area contributed by atoms with Crippen LogP contribution in [0.15, 0.2) is 41.3 Å². The topological polar surface area (TPSA) is 72.5 Å². The lowest BCUT2D eigenvalue weighted by Gasteiger charge is -2.10. The molecule has 0 fully saturated rings. The molecule has 136 valence electrons. The Hall–Kier alpha value is -1.51. The number of anilines is 1. The molecule has 2 aromatic carbocycles. The molecule has 0 aliphatic rings. The molecule has 0 bridgehead atoms. The number of esters is 1. The van der Waals surface area contributed by atoms with E-state index >= 15 is 0 Å². The van der Waals surface area contributed by atoms with E-state index in [0.29, 0.717) is 16.0 Å². The van der Waals surface area contributed by atoms with Gasteiger partial charge in [-0.3, -0.25) is 4.72 Å². The molecule has 0 radical (unpaired) electrons. The van der Waals surface area contributed by atoms with E-state index in [9.17, 15) is 13.2 Å². The summed E-state index contributed by atoms with van der Waals surface area (Å²) in [5, 5.41) is 0.894. The van der Waals surface area contributed by atoms with Crippen molar-refractivity contribution in [2.24, 2.45) is 0 Å². The number of fused-ring (bicyclic) bond motifs is 1. The summed E-state index contributed by atoms with van der Waals surface area (Å²) in [5.74, 6) is -0.448. The minimum absolute atomic E-state index is 0.0449. The number of rotatable bonds is 4. The predicted octanol–water partition coefficient (Wildman–Crippen LogP) is 5.45. The molecule has 1 N–H and O–H groups in total. The fraction of sp³-hybridized carbons (Fsp3) is 0.0625. The molecule has 1 aromatic heterocycles. The van der Waals surface area contributed by atoms with Crippen molar-refractivity contribution in [3.05, 3.63) is 56.3 Å². The maximum Gasteiger partial charge on any atom is 0.348 e. The third kappa shape index (κ3) is 3.77. The number of carbonyl (C=O) groups excluding carboxylic acids is 1. The van der Waals surface area contributed by atoms with E-state index in [0.717, 1.165) is 4.70 Å². The lowest BCUT2D eigenvalue weighted by atomic mass is 10.2. The van der Waals surface area contributed by atoms with Crippen LogP contribution in [0.3, 0.4) is 0 Å². The maximum absolute atomic E-state index is 12.6. The van der Waals surface area contributed by atoms with Crippen molar-refractivity contribution in [1.82, 2.24) is 0 Å². The van der Waals surface area contributed by atoms with Gasteiger partial charge in [-0.05, 0) is 41.8 Å². The first-order valence-electron chi connectivity index (χ1n) is 7.00. The van der Waals surface area contributed by atoms with Crippen LogP contribution in [0, 0.1) is 0 Å². The van der Waals surface area contributed by atoms with Crippen LogP contribution in [-0.2, 0) is 14.8 Å². The highest BCUT2D eigenvalue weighted by Crippen LogP contribution is 2.33. The second-order valence-electron chi connectivity index (χ2n) is 5.16. The number of hydrogen-bond acceptors (Lipinski definition) is 5. The van der Waals surface area contributed by atoms with E-state index < -0.39 is 16.0 Å². The van der Waals surface area contributed by atoms with Gasteiger partial charge in [0.05, 0.1) is 22.2 Å². The van der Waals surface area contributed by atoms with Gasteiger partial charge in [-0.25, -0.2) is 13.2 Å². The molecule has 0 saturated carbocycles. The van der Waals surface area contributed by atoms with E-state index in [1.807, 2.05) is 0 Å². The fourth-order valence-electron chi connectivity index (χ4n) is 2.23. The first-order chi connectivity index (χ1) is 12.2. The van der Waals surface area contributed by atoms with Crippen LogP contribution in [-0.4, -0.2) is 21.5 Å². The number of sulfonamides is 1. The molecule has 0 unspecified atom stereocenters. The van der Waals surface area contributed by atoms with Crippen LogP contribution >= 0.6 is 46.1 Å². The average Bonchev–Trinajstić information content (AvgIpc) is 3.00. The van der Waals surface area contributed by atoms with Gasteiger partial charge in [-0.15, -0.1) is 11.3 Å². The van der Waals surface area contributed by atoms with Crippen molar-refractivity contribution in [2.45, 2.75) is 4.90 Å². The summed E-state index contributed by atoms with van der Waals surface area (Å²) in [5.41, 5.74) is 0.314. The Bertz CT molecular complexity index is 1130. The lowest BCUT2D eigenvalue weighted by molar-refractivity contribution is 0.0606. The van der Waals surface area contributed by atoms with E-state index in [2.05, 4.69) is 4.72 Å². The molecule has 3 aromatic rings. The van der Waals surface area contributed by atoms with Gasteiger partial charge in [-0.1, -0.05) is 34.8 Å². The molecule has 0 atom stereocenters. The Labute approximate surface area is 168 Å². The maximum atomic E-state index is 12.6. The highest BCUT2D eigenvalue weighted by molar-refractivity contribution is 7.92. The van der Waals surface area contributed by atoms with Gasteiger partial charge in [-0.2, -0.15) is 0 Å². The number of hydrogen-bond donors (Lipinski definition) is 1. The zero-order chi connectivity index (χ0) is 19.1. The Kier molecular flexibility index (Phi) is 5.37. The molecule has 0 aliphatic carbocycles. The molecule has 10 heteroatoms. The Morgan fingerprint density at radius 3 is 2.42 bits per heavy atom. The van der Waals surface area contributed by atoms with Gasteiger partial charge in [0.15, 0.2) is 0 Å². The molecule has 0 amide bonds. The molecule has 0 spiro atoms. The van der Waals surface area contributed by atoms with Crippen LogP contribution in [0.1, 0.15) is 9.67 Å². The van der Waals surface area contributed by atoms with E-state index in [-0.39, 0.29) is 20.0 Å². The van der Waals surface area contributed by atoms with Crippen LogP contribution in [0.2, 0.25) is 15.1 Å². The smallest absolute Gasteiger partial charge is 0.348 e. The second-order valence-corrected chi connectivity index (χ2v) is 9.11. The van der Waals surface area contributed by atoms with Crippen molar-refractivity contribution in [3.63, 3.8) is 0 Å². The molecule has 0 saturated heterocycles. The Morgan fingerprint density at radius 2 is 1.73 bits per heavy atom. The number of nitrogens with one attached hydrogen (secondary N) is 1. The van der Waals surface area contributed by atoms with Gasteiger partial charge in [0.2, 0.25) is 0 Å². The average molecular weight is 451 g/mol. The summed E-state index contributed by atoms with van der Waals surface area (Å²) in [6, 6.07) is 9.00. The van der Waals surface area contributed by atoms with E-state index in [4.69, 9.17) is 39.5 Å². The summed E-state index contributed by atoms with van der Waals surface area (Å²) in [7, 11) is -2.68. The standard InChI is InChI=1S/C16H10Cl3NO4S2/c1-24-16(21)14-5-8-4-9(2-3-13(8)25-14)20-26(22,23)15-7-11(18)10(17)6-12(15)19/h2-7,20H,1H3. The SMILES string of the molecule is COC(=O)c1cc2cc(NS(=O)(=O)c3cc(Cl)c(Cl)cc3Cl)ccc2s1. The van der Waals surface area contributed by atoms with Gasteiger partial charge in [0, 0.05) is 10.4 Å².